The molecule has 4 rings (SSSR count). The standard InChI is InChI=1S/C24H23NO6S/c1-24(2)19-6-3-4-7-20(19)25(12-5-13-32(28,29)30)22(24)11-9-17-14-16-8-10-18(26)15-21(16)31-23(17)27/h3-4,6-11,14-15H,5,12-13H2,1-2H3,(H,28,29,30). The van der Waals surface area contributed by atoms with Crippen LogP contribution in [0.25, 0.3) is 17.0 Å². The molecule has 2 heterocycles. The smallest absolute Gasteiger partial charge is 0.343 e. The van der Waals surface area contributed by atoms with Gasteiger partial charge >= 0.3 is 5.63 Å². The van der Waals surface area contributed by atoms with Crippen LogP contribution in [0.15, 0.2) is 63.8 Å². The Bertz CT molecular complexity index is 1430. The van der Waals surface area contributed by atoms with E-state index in [1.165, 1.54) is 12.1 Å². The summed E-state index contributed by atoms with van der Waals surface area (Å²) < 4.78 is 40.6. The molecule has 0 amide bonds. The van der Waals surface area contributed by atoms with Crippen LogP contribution in [0, 0.1) is 0 Å². The van der Waals surface area contributed by atoms with Gasteiger partial charge in [-0.25, -0.2) is 13.2 Å². The van der Waals surface area contributed by atoms with Gasteiger partial charge in [-0.3, -0.25) is 0 Å². The van der Waals surface area contributed by atoms with Crippen molar-refractivity contribution in [2.75, 3.05) is 12.3 Å². The number of nitrogens with zero attached hydrogens (tertiary/aromatic N) is 1. The van der Waals surface area contributed by atoms with Crippen LogP contribution >= 0.6 is 0 Å². The van der Waals surface area contributed by atoms with Gasteiger partial charge in [-0.2, -0.15) is 4.58 Å². The van der Waals surface area contributed by atoms with Crippen molar-refractivity contribution < 1.29 is 27.1 Å². The number of para-hydroxylation sites is 1. The zero-order valence-electron chi connectivity index (χ0n) is 17.7. The Morgan fingerprint density at radius 1 is 1.12 bits per heavy atom. The molecule has 0 radical (unpaired) electrons. The van der Waals surface area contributed by atoms with Crippen molar-refractivity contribution in [3.05, 3.63) is 76.2 Å². The summed E-state index contributed by atoms with van der Waals surface area (Å²) >= 11 is 0. The molecule has 166 valence electrons. The van der Waals surface area contributed by atoms with E-state index in [2.05, 4.69) is 13.8 Å². The highest BCUT2D eigenvalue weighted by atomic mass is 32.2. The fourth-order valence-electron chi connectivity index (χ4n) is 4.18. The van der Waals surface area contributed by atoms with E-state index >= 15 is 0 Å². The molecule has 0 unspecified atom stereocenters. The predicted molar refractivity (Wildman–Crippen MR) is 122 cm³/mol. The van der Waals surface area contributed by atoms with Gasteiger partial charge in [-0.05, 0) is 38.1 Å². The van der Waals surface area contributed by atoms with E-state index in [1.54, 1.807) is 18.2 Å². The summed E-state index contributed by atoms with van der Waals surface area (Å²) in [6, 6.07) is 14.1. The van der Waals surface area contributed by atoms with Crippen LogP contribution in [-0.4, -0.2) is 40.7 Å². The molecule has 0 bridgehead atoms. The van der Waals surface area contributed by atoms with Crippen LogP contribution < -0.4 is 5.63 Å². The molecule has 0 saturated heterocycles. The Kier molecular flexibility index (Phi) is 5.52. The monoisotopic (exact) mass is 453 g/mol. The second kappa shape index (κ2) is 8.03. The van der Waals surface area contributed by atoms with Gasteiger partial charge in [0.05, 0.1) is 21.1 Å². The number of phenolic OH excluding ortho intramolecular Hbond substituents is 1. The molecule has 32 heavy (non-hydrogen) atoms. The SMILES string of the molecule is CC1(C)C(/C=C/c2cc3ccc(O)cc3oc2=O)=[N+](CCCS(=O)(=O)[O-])c2ccccc21. The summed E-state index contributed by atoms with van der Waals surface area (Å²) in [5.74, 6) is -0.426. The minimum Gasteiger partial charge on any atom is -0.748 e. The topological polar surface area (TPSA) is 111 Å². The first-order chi connectivity index (χ1) is 15.1. The maximum atomic E-state index is 12.5. The molecule has 0 saturated carbocycles. The van der Waals surface area contributed by atoms with Crippen LogP contribution in [0.1, 0.15) is 31.4 Å². The molecule has 0 atom stereocenters. The number of aromatic hydroxyl groups is 1. The largest absolute Gasteiger partial charge is 0.748 e. The zero-order chi connectivity index (χ0) is 23.1. The third kappa shape index (κ3) is 4.24. The third-order valence-corrected chi connectivity index (χ3v) is 6.53. The molecule has 2 aromatic carbocycles. The lowest BCUT2D eigenvalue weighted by atomic mass is 9.81. The summed E-state index contributed by atoms with van der Waals surface area (Å²) in [5, 5.41) is 10.3. The van der Waals surface area contributed by atoms with Crippen molar-refractivity contribution >= 4 is 38.6 Å². The summed E-state index contributed by atoms with van der Waals surface area (Å²) in [5.41, 5.74) is 2.63. The quantitative estimate of drug-likeness (QED) is 0.347. The predicted octanol–water partition coefficient (Wildman–Crippen LogP) is 3.52. The van der Waals surface area contributed by atoms with Crippen LogP contribution in [-0.2, 0) is 15.5 Å². The highest BCUT2D eigenvalue weighted by Crippen LogP contribution is 2.40. The summed E-state index contributed by atoms with van der Waals surface area (Å²) in [6.45, 7) is 4.47. The minimum atomic E-state index is -4.30. The first kappa shape index (κ1) is 22.0. The van der Waals surface area contributed by atoms with Crippen LogP contribution in [0.4, 0.5) is 5.69 Å². The third-order valence-electron chi connectivity index (χ3n) is 5.74. The molecular weight excluding hydrogens is 430 g/mol. The molecule has 3 aromatic rings. The second-order valence-corrected chi connectivity index (χ2v) is 9.86. The Balaban J connectivity index is 1.76. The highest BCUT2D eigenvalue weighted by molar-refractivity contribution is 7.85. The molecule has 0 aliphatic carbocycles. The van der Waals surface area contributed by atoms with Crippen molar-refractivity contribution in [2.24, 2.45) is 0 Å². The van der Waals surface area contributed by atoms with Crippen molar-refractivity contribution in [3.8, 4) is 5.75 Å². The number of phenols is 1. The van der Waals surface area contributed by atoms with E-state index < -0.39 is 26.9 Å². The van der Waals surface area contributed by atoms with Gasteiger partial charge in [0.15, 0.2) is 5.71 Å². The van der Waals surface area contributed by atoms with Gasteiger partial charge in [0.2, 0.25) is 5.69 Å². The van der Waals surface area contributed by atoms with Gasteiger partial charge in [0.25, 0.3) is 0 Å². The number of allylic oxidation sites excluding steroid dienone is 1. The molecule has 7 nitrogen and oxygen atoms in total. The Hall–Kier alpha value is -3.23. The van der Waals surface area contributed by atoms with Crippen molar-refractivity contribution in [1.29, 1.82) is 0 Å². The lowest BCUT2D eigenvalue weighted by Crippen LogP contribution is -2.28. The first-order valence-electron chi connectivity index (χ1n) is 10.2. The van der Waals surface area contributed by atoms with Crippen LogP contribution in [0.2, 0.25) is 0 Å². The molecular formula is C24H23NO6S. The minimum absolute atomic E-state index is 0.0145. The molecule has 0 fully saturated rings. The van der Waals surface area contributed by atoms with E-state index in [0.717, 1.165) is 17.0 Å². The normalized spacial score (nSPS) is 15.6. The van der Waals surface area contributed by atoms with E-state index in [9.17, 15) is 22.9 Å². The average molecular weight is 454 g/mol. The van der Waals surface area contributed by atoms with Gasteiger partial charge in [0, 0.05) is 41.3 Å². The van der Waals surface area contributed by atoms with Gasteiger partial charge in [-0.1, -0.05) is 18.2 Å². The first-order valence-corrected chi connectivity index (χ1v) is 11.8. The molecule has 1 aliphatic heterocycles. The fraction of sp³-hybridized carbons (Fsp3) is 0.250. The van der Waals surface area contributed by atoms with Crippen LogP contribution in [0.5, 0.6) is 5.75 Å². The Labute approximate surface area is 185 Å². The molecule has 1 aromatic heterocycles. The lowest BCUT2D eigenvalue weighted by Gasteiger charge is -2.15. The van der Waals surface area contributed by atoms with Crippen molar-refractivity contribution in [2.45, 2.75) is 25.7 Å². The van der Waals surface area contributed by atoms with Crippen molar-refractivity contribution in [1.82, 2.24) is 0 Å². The van der Waals surface area contributed by atoms with Gasteiger partial charge < -0.3 is 14.1 Å². The van der Waals surface area contributed by atoms with Gasteiger partial charge in [-0.15, -0.1) is 0 Å². The molecule has 0 spiro atoms. The van der Waals surface area contributed by atoms with E-state index in [0.29, 0.717) is 23.1 Å². The summed E-state index contributed by atoms with van der Waals surface area (Å²) in [7, 11) is -4.30. The zero-order valence-corrected chi connectivity index (χ0v) is 18.6. The molecule has 1 N–H and O–H groups in total. The number of rotatable bonds is 6. The number of benzene rings is 2. The fourth-order valence-corrected chi connectivity index (χ4v) is 4.66. The number of hydrogen-bond acceptors (Lipinski definition) is 6. The van der Waals surface area contributed by atoms with E-state index in [1.807, 2.05) is 34.9 Å². The van der Waals surface area contributed by atoms with E-state index in [-0.39, 0.29) is 12.2 Å². The number of hydrogen-bond donors (Lipinski definition) is 1. The average Bonchev–Trinajstić information content (AvgIpc) is 2.92. The summed E-state index contributed by atoms with van der Waals surface area (Å²) in [4.78, 5) is 12.5. The van der Waals surface area contributed by atoms with Crippen LogP contribution in [0.3, 0.4) is 0 Å². The van der Waals surface area contributed by atoms with Crippen molar-refractivity contribution in [3.63, 3.8) is 0 Å². The Morgan fingerprint density at radius 2 is 1.88 bits per heavy atom. The molecule has 8 heteroatoms. The van der Waals surface area contributed by atoms with Gasteiger partial charge in [0.1, 0.15) is 17.9 Å². The Morgan fingerprint density at radius 3 is 2.62 bits per heavy atom. The van der Waals surface area contributed by atoms with E-state index in [4.69, 9.17) is 4.42 Å². The maximum absolute atomic E-state index is 12.5. The maximum Gasteiger partial charge on any atom is 0.343 e. The lowest BCUT2D eigenvalue weighted by molar-refractivity contribution is -0.437. The molecule has 1 aliphatic rings. The number of fused-ring (bicyclic) bond motifs is 2. The highest BCUT2D eigenvalue weighted by Gasteiger charge is 2.43. The summed E-state index contributed by atoms with van der Waals surface area (Å²) in [6.07, 6.45) is 3.71. The second-order valence-electron chi connectivity index (χ2n) is 8.34.